The highest BCUT2D eigenvalue weighted by Gasteiger charge is 2.44. The van der Waals surface area contributed by atoms with Crippen molar-refractivity contribution in [1.82, 2.24) is 36.2 Å². The highest BCUT2D eigenvalue weighted by atomic mass is 32.2. The van der Waals surface area contributed by atoms with Gasteiger partial charge in [-0.1, -0.05) is 60.7 Å². The number of rotatable bonds is 13. The molecule has 45 heavy (non-hydrogen) atoms. The third-order valence-electron chi connectivity index (χ3n) is 7.71. The first kappa shape index (κ1) is 31.9. The van der Waals surface area contributed by atoms with E-state index in [1.165, 1.54) is 6.07 Å². The van der Waals surface area contributed by atoms with Crippen LogP contribution in [-0.4, -0.2) is 60.6 Å². The second kappa shape index (κ2) is 13.6. The number of hydrogen-bond donors (Lipinski definition) is 7. The third kappa shape index (κ3) is 7.23. The molecule has 1 aliphatic rings. The number of unbranched alkanes of at least 4 members (excludes halogenated alkanes) is 1. The van der Waals surface area contributed by atoms with Gasteiger partial charge in [-0.25, -0.2) is 13.2 Å². The smallest absolute Gasteiger partial charge is 0.345 e. The van der Waals surface area contributed by atoms with Crippen LogP contribution in [0.15, 0.2) is 84.0 Å². The van der Waals surface area contributed by atoms with Crippen molar-refractivity contribution in [2.75, 3.05) is 13.1 Å². The van der Waals surface area contributed by atoms with E-state index in [0.717, 1.165) is 11.1 Å². The van der Waals surface area contributed by atoms with Crippen LogP contribution < -0.4 is 26.0 Å². The fourth-order valence-corrected chi connectivity index (χ4v) is 7.34. The Morgan fingerprint density at radius 2 is 1.78 bits per heavy atom. The molecule has 0 spiro atoms. The van der Waals surface area contributed by atoms with Crippen LogP contribution in [0.2, 0.25) is 0 Å². The van der Waals surface area contributed by atoms with Gasteiger partial charge in [0.2, 0.25) is 15.7 Å². The minimum absolute atomic E-state index is 0.0399. The van der Waals surface area contributed by atoms with Gasteiger partial charge in [0, 0.05) is 11.9 Å². The van der Waals surface area contributed by atoms with Gasteiger partial charge in [0.25, 0.3) is 5.91 Å². The molecule has 5 rings (SSSR count). The molecule has 0 bridgehead atoms. The van der Waals surface area contributed by atoms with E-state index < -0.39 is 27.6 Å². The van der Waals surface area contributed by atoms with Crippen LogP contribution in [0.3, 0.4) is 0 Å². The number of carbonyl (C=O) groups excluding carboxylic acids is 1. The molecule has 2 heterocycles. The largest absolute Gasteiger partial charge is 0.478 e. The van der Waals surface area contributed by atoms with Crippen molar-refractivity contribution in [2.24, 2.45) is 0 Å². The maximum Gasteiger partial charge on any atom is 0.345 e. The van der Waals surface area contributed by atoms with E-state index in [0.29, 0.717) is 41.5 Å². The molecule has 12 nitrogen and oxygen atoms in total. The molecule has 2 atom stereocenters. The molecule has 0 saturated heterocycles. The van der Waals surface area contributed by atoms with Crippen LogP contribution >= 0.6 is 0 Å². The molecule has 3 aromatic carbocycles. The summed E-state index contributed by atoms with van der Waals surface area (Å²) in [7, 11) is -4.45. The zero-order chi connectivity index (χ0) is 32.0. The maximum atomic E-state index is 14.0. The lowest BCUT2D eigenvalue weighted by Gasteiger charge is -2.32. The van der Waals surface area contributed by atoms with Crippen LogP contribution in [0.25, 0.3) is 22.0 Å². The van der Waals surface area contributed by atoms with E-state index in [2.05, 4.69) is 36.2 Å². The fourth-order valence-electron chi connectivity index (χ4n) is 5.57. The third-order valence-corrected chi connectivity index (χ3v) is 9.50. The zero-order valence-electron chi connectivity index (χ0n) is 25.1. The topological polar surface area (TPSA) is 177 Å². The van der Waals surface area contributed by atoms with E-state index in [9.17, 15) is 23.1 Å². The van der Waals surface area contributed by atoms with Gasteiger partial charge in [0.1, 0.15) is 6.29 Å². The van der Waals surface area contributed by atoms with Gasteiger partial charge >= 0.3 is 5.97 Å². The Morgan fingerprint density at radius 3 is 2.47 bits per heavy atom. The van der Waals surface area contributed by atoms with E-state index in [-0.39, 0.29) is 29.6 Å². The second-order valence-corrected chi connectivity index (χ2v) is 12.7. The van der Waals surface area contributed by atoms with Gasteiger partial charge in [-0.15, -0.1) is 0 Å². The van der Waals surface area contributed by atoms with Gasteiger partial charge in [-0.05, 0) is 74.2 Å². The Hall–Kier alpha value is -4.56. The number of carbonyl (C=O) groups is 2. The molecule has 1 aromatic heterocycles. The number of fused-ring (bicyclic) bond motifs is 1. The summed E-state index contributed by atoms with van der Waals surface area (Å²) in [5.74, 6) is -2.29. The average Bonchev–Trinajstić information content (AvgIpc) is 3.50. The first-order valence-corrected chi connectivity index (χ1v) is 16.1. The van der Waals surface area contributed by atoms with Crippen molar-refractivity contribution in [2.45, 2.75) is 50.0 Å². The quantitative estimate of drug-likeness (QED) is 0.0863. The summed E-state index contributed by atoms with van der Waals surface area (Å²) in [5, 5.41) is 30.1. The normalized spacial score (nSPS) is 16.2. The first-order chi connectivity index (χ1) is 21.6. The molecule has 13 heteroatoms. The second-order valence-electron chi connectivity index (χ2n) is 11.0. The molecule has 1 aliphatic heterocycles. The van der Waals surface area contributed by atoms with Crippen LogP contribution in [0, 0.1) is 13.8 Å². The van der Waals surface area contributed by atoms with E-state index in [1.54, 1.807) is 44.3 Å². The number of aromatic amines is 1. The number of aliphatic carboxylic acids is 1. The number of aromatic nitrogens is 2. The number of hydrogen-bond acceptors (Lipinski definition) is 8. The number of carboxylic acids is 1. The Balaban J connectivity index is 1.44. The standard InChI is InChI=1S/C32H37N7O5S/c1-21-18-25(23-10-4-3-5-11-23)19-22(2)28(21)45(43,44)39-32(30(41)42,14-6-7-15-33-31-34-16-9-17-35-31)37-29(40)26-13-8-12-24-20-36-38-27(24)26/h3-5,8-13,16,18-20,31,33-35,39H,6-7,14-15,17H2,1-2H3,(H,36,38)(H,37,40)(H,41,42). The molecule has 0 saturated carbocycles. The number of nitrogens with zero attached hydrogens (tertiary/aromatic N) is 1. The predicted octanol–water partition coefficient (Wildman–Crippen LogP) is 3.09. The molecule has 0 radical (unpaired) electrons. The minimum Gasteiger partial charge on any atom is -0.478 e. The number of para-hydroxylation sites is 1. The van der Waals surface area contributed by atoms with Gasteiger partial charge in [0.15, 0.2) is 0 Å². The minimum atomic E-state index is -4.45. The lowest BCUT2D eigenvalue weighted by molar-refractivity contribution is -0.145. The summed E-state index contributed by atoms with van der Waals surface area (Å²) in [4.78, 5) is 26.6. The number of amides is 1. The van der Waals surface area contributed by atoms with E-state index >= 15 is 0 Å². The van der Waals surface area contributed by atoms with Crippen molar-refractivity contribution in [1.29, 1.82) is 0 Å². The van der Waals surface area contributed by atoms with Crippen molar-refractivity contribution < 1.29 is 23.1 Å². The first-order valence-electron chi connectivity index (χ1n) is 14.7. The summed E-state index contributed by atoms with van der Waals surface area (Å²) in [6.45, 7) is 4.56. The van der Waals surface area contributed by atoms with Crippen molar-refractivity contribution in [3.63, 3.8) is 0 Å². The molecule has 4 aromatic rings. The number of benzene rings is 3. The molecule has 2 unspecified atom stereocenters. The highest BCUT2D eigenvalue weighted by Crippen LogP contribution is 2.29. The summed E-state index contributed by atoms with van der Waals surface area (Å²) in [6, 6.07) is 18.0. The Labute approximate surface area is 261 Å². The van der Waals surface area contributed by atoms with Gasteiger partial charge in [-0.2, -0.15) is 9.82 Å². The Bertz CT molecular complexity index is 1800. The summed E-state index contributed by atoms with van der Waals surface area (Å²) < 4.78 is 30.5. The Kier molecular flexibility index (Phi) is 9.63. The monoisotopic (exact) mass is 631 g/mol. The lowest BCUT2D eigenvalue weighted by Crippen LogP contribution is -2.65. The van der Waals surface area contributed by atoms with Gasteiger partial charge < -0.3 is 15.7 Å². The summed E-state index contributed by atoms with van der Waals surface area (Å²) in [5.41, 5.74) is 0.840. The summed E-state index contributed by atoms with van der Waals surface area (Å²) in [6.07, 6.45) is 5.76. The van der Waals surface area contributed by atoms with E-state index in [4.69, 9.17) is 0 Å². The highest BCUT2D eigenvalue weighted by molar-refractivity contribution is 7.89. The Morgan fingerprint density at radius 1 is 1.02 bits per heavy atom. The van der Waals surface area contributed by atoms with Crippen molar-refractivity contribution in [3.8, 4) is 11.1 Å². The molecule has 0 fully saturated rings. The van der Waals surface area contributed by atoms with Crippen LogP contribution in [0.4, 0.5) is 0 Å². The number of nitrogens with one attached hydrogen (secondary N) is 6. The molecule has 1 amide bonds. The zero-order valence-corrected chi connectivity index (χ0v) is 25.9. The molecular weight excluding hydrogens is 594 g/mol. The number of aryl methyl sites for hydroxylation is 2. The molecular formula is C32H37N7O5S. The fraction of sp³-hybridized carbons (Fsp3) is 0.281. The maximum absolute atomic E-state index is 14.0. The van der Waals surface area contributed by atoms with Gasteiger partial charge in [-0.3, -0.25) is 20.5 Å². The number of H-pyrrole nitrogens is 1. The lowest BCUT2D eigenvalue weighted by atomic mass is 10.0. The van der Waals surface area contributed by atoms with E-state index in [1.807, 2.05) is 42.6 Å². The number of sulfonamides is 1. The van der Waals surface area contributed by atoms with Gasteiger partial charge in [0.05, 0.1) is 22.2 Å². The number of carboxylic acid groups (broad SMARTS) is 1. The van der Waals surface area contributed by atoms with Crippen LogP contribution in [0.5, 0.6) is 0 Å². The van der Waals surface area contributed by atoms with Crippen LogP contribution in [0.1, 0.15) is 40.7 Å². The summed E-state index contributed by atoms with van der Waals surface area (Å²) >= 11 is 0. The van der Waals surface area contributed by atoms with Crippen molar-refractivity contribution in [3.05, 3.63) is 95.8 Å². The predicted molar refractivity (Wildman–Crippen MR) is 172 cm³/mol. The van der Waals surface area contributed by atoms with Crippen molar-refractivity contribution >= 4 is 32.8 Å². The molecule has 236 valence electrons. The average molecular weight is 632 g/mol. The molecule has 0 aliphatic carbocycles. The molecule has 7 N–H and O–H groups in total. The SMILES string of the molecule is Cc1cc(-c2ccccc2)cc(C)c1S(=O)(=O)NC(CCCCNC1NC=CCN1)(NC(=O)c1cccc2cn[nH]c12)C(=O)O. The van der Waals surface area contributed by atoms with Crippen LogP contribution in [-0.2, 0) is 14.8 Å².